The van der Waals surface area contributed by atoms with Gasteiger partial charge in [0.2, 0.25) is 10.0 Å². The Balaban J connectivity index is 1.41. The maximum Gasteiger partial charge on any atom is 0.221 e. The first-order chi connectivity index (χ1) is 15.4. The number of sulfonamides is 1. The van der Waals surface area contributed by atoms with E-state index in [4.69, 9.17) is 4.74 Å². The van der Waals surface area contributed by atoms with Crippen molar-refractivity contribution >= 4 is 15.8 Å². The summed E-state index contributed by atoms with van der Waals surface area (Å²) >= 11 is 0. The molecule has 0 N–H and O–H groups in total. The molecule has 2 atom stereocenters. The van der Waals surface area contributed by atoms with Crippen LogP contribution in [0.25, 0.3) is 0 Å². The maximum absolute atomic E-state index is 13.4. The van der Waals surface area contributed by atoms with Gasteiger partial charge in [-0.3, -0.25) is 4.79 Å². The molecule has 0 aliphatic carbocycles. The third-order valence-electron chi connectivity index (χ3n) is 6.93. The number of benzene rings is 2. The molecule has 1 unspecified atom stereocenters. The fourth-order valence-electron chi connectivity index (χ4n) is 4.84. The number of rotatable bonds is 7. The van der Waals surface area contributed by atoms with Gasteiger partial charge in [-0.15, -0.1) is 0 Å². The average Bonchev–Trinajstić information content (AvgIpc) is 2.82. The summed E-state index contributed by atoms with van der Waals surface area (Å²) in [6.07, 6.45) is 5.03. The van der Waals surface area contributed by atoms with E-state index < -0.39 is 15.3 Å². The molecule has 0 aromatic heterocycles. The second-order valence-electron chi connectivity index (χ2n) is 9.13. The first kappa shape index (κ1) is 23.1. The van der Waals surface area contributed by atoms with Gasteiger partial charge in [-0.1, -0.05) is 54.6 Å². The molecule has 0 bridgehead atoms. The van der Waals surface area contributed by atoms with Crippen LogP contribution in [0.1, 0.15) is 72.2 Å². The molecular formula is C26H33NO4S. The number of hydrogen-bond acceptors (Lipinski definition) is 4. The number of carbonyl (C=O) groups is 1. The molecule has 2 fully saturated rings. The molecule has 0 radical (unpaired) electrons. The molecule has 2 aliphatic rings. The van der Waals surface area contributed by atoms with Crippen LogP contribution < -0.4 is 0 Å². The summed E-state index contributed by atoms with van der Waals surface area (Å²) < 4.78 is 33.8. The quantitative estimate of drug-likeness (QED) is 0.543. The molecule has 4 rings (SSSR count). The lowest BCUT2D eigenvalue weighted by Crippen LogP contribution is -2.44. The van der Waals surface area contributed by atoms with Gasteiger partial charge in [0.15, 0.2) is 5.78 Å². The highest BCUT2D eigenvalue weighted by Crippen LogP contribution is 2.38. The molecule has 2 aliphatic heterocycles. The molecule has 2 heterocycles. The lowest BCUT2D eigenvalue weighted by atomic mass is 9.92. The minimum absolute atomic E-state index is 0.0410. The Kier molecular flexibility index (Phi) is 7.44. The molecule has 0 amide bonds. The average molecular weight is 456 g/mol. The Bertz CT molecular complexity index is 998. The van der Waals surface area contributed by atoms with E-state index in [1.165, 1.54) is 0 Å². The van der Waals surface area contributed by atoms with Crippen LogP contribution in [0.3, 0.4) is 0 Å². The molecule has 2 saturated heterocycles. The van der Waals surface area contributed by atoms with Gasteiger partial charge in [-0.05, 0) is 56.1 Å². The van der Waals surface area contributed by atoms with Crippen LogP contribution in [0.15, 0.2) is 54.6 Å². The van der Waals surface area contributed by atoms with E-state index in [1.54, 1.807) is 4.31 Å². The minimum atomic E-state index is -3.46. The summed E-state index contributed by atoms with van der Waals surface area (Å²) in [6, 6.07) is 16.9. The number of ketones is 1. The highest BCUT2D eigenvalue weighted by atomic mass is 32.2. The Morgan fingerprint density at radius 1 is 0.969 bits per heavy atom. The smallest absolute Gasteiger partial charge is 0.221 e. The van der Waals surface area contributed by atoms with Crippen LogP contribution in [0.5, 0.6) is 0 Å². The van der Waals surface area contributed by atoms with E-state index in [0.29, 0.717) is 30.9 Å². The van der Waals surface area contributed by atoms with Gasteiger partial charge in [0.05, 0.1) is 0 Å². The summed E-state index contributed by atoms with van der Waals surface area (Å²) in [5, 5.41) is -0.495. The van der Waals surface area contributed by atoms with Crippen molar-refractivity contribution in [2.75, 3.05) is 13.2 Å². The van der Waals surface area contributed by atoms with Gasteiger partial charge in [-0.25, -0.2) is 8.42 Å². The SMILES string of the molecule is C[C@H]1CCC(c2ccccc2)S(=O)(=O)N1Cc1ccc(C(=O)CCC2CCOCC2)cc1. The maximum atomic E-state index is 13.4. The van der Waals surface area contributed by atoms with Gasteiger partial charge < -0.3 is 4.74 Å². The second-order valence-corrected chi connectivity index (χ2v) is 11.2. The van der Waals surface area contributed by atoms with Crippen molar-refractivity contribution in [2.24, 2.45) is 5.92 Å². The van der Waals surface area contributed by atoms with Gasteiger partial charge in [0, 0.05) is 37.8 Å². The van der Waals surface area contributed by atoms with E-state index in [2.05, 4.69) is 0 Å². The van der Waals surface area contributed by atoms with E-state index in [1.807, 2.05) is 61.5 Å². The lowest BCUT2D eigenvalue weighted by Gasteiger charge is -2.37. The fourth-order valence-corrected chi connectivity index (χ4v) is 7.04. The molecular weight excluding hydrogens is 422 g/mol. The largest absolute Gasteiger partial charge is 0.381 e. The predicted octanol–water partition coefficient (Wildman–Crippen LogP) is 5.13. The van der Waals surface area contributed by atoms with E-state index >= 15 is 0 Å². The Hall–Kier alpha value is -2.02. The number of hydrogen-bond donors (Lipinski definition) is 0. The number of ether oxygens (including phenoxy) is 1. The zero-order chi connectivity index (χ0) is 22.6. The van der Waals surface area contributed by atoms with Crippen molar-refractivity contribution < 1.29 is 17.9 Å². The summed E-state index contributed by atoms with van der Waals surface area (Å²) in [5.74, 6) is 0.737. The van der Waals surface area contributed by atoms with Crippen molar-refractivity contribution in [3.63, 3.8) is 0 Å². The standard InChI is InChI=1S/C26H33NO4S/c1-20-7-14-26(24-5-3-2-4-6-24)32(29,30)27(20)19-22-8-11-23(12-9-22)25(28)13-10-21-15-17-31-18-16-21/h2-6,8-9,11-12,20-21,26H,7,10,13-19H2,1H3/t20-,26?/m0/s1. The van der Waals surface area contributed by atoms with Crippen LogP contribution in [0.2, 0.25) is 0 Å². The highest BCUT2D eigenvalue weighted by molar-refractivity contribution is 7.89. The zero-order valence-corrected chi connectivity index (χ0v) is 19.6. The van der Waals surface area contributed by atoms with E-state index in [-0.39, 0.29) is 11.8 Å². The zero-order valence-electron chi connectivity index (χ0n) is 18.8. The molecule has 32 heavy (non-hydrogen) atoms. The van der Waals surface area contributed by atoms with E-state index in [0.717, 1.165) is 50.0 Å². The van der Waals surface area contributed by atoms with Crippen molar-refractivity contribution in [2.45, 2.75) is 63.3 Å². The number of nitrogens with zero attached hydrogens (tertiary/aromatic N) is 1. The normalized spacial score (nSPS) is 24.3. The van der Waals surface area contributed by atoms with Crippen molar-refractivity contribution in [1.29, 1.82) is 0 Å². The Morgan fingerprint density at radius 2 is 1.66 bits per heavy atom. The predicted molar refractivity (Wildman–Crippen MR) is 126 cm³/mol. The summed E-state index contributed by atoms with van der Waals surface area (Å²) in [4.78, 5) is 12.6. The molecule has 2 aromatic rings. The van der Waals surface area contributed by atoms with Gasteiger partial charge >= 0.3 is 0 Å². The fraction of sp³-hybridized carbons (Fsp3) is 0.500. The second kappa shape index (κ2) is 10.3. The summed E-state index contributed by atoms with van der Waals surface area (Å²) in [7, 11) is -3.46. The number of carbonyl (C=O) groups excluding carboxylic acids is 1. The van der Waals surface area contributed by atoms with Crippen molar-refractivity contribution in [1.82, 2.24) is 4.31 Å². The van der Waals surface area contributed by atoms with Crippen molar-refractivity contribution in [3.8, 4) is 0 Å². The molecule has 5 nitrogen and oxygen atoms in total. The minimum Gasteiger partial charge on any atom is -0.381 e. The van der Waals surface area contributed by atoms with Crippen molar-refractivity contribution in [3.05, 3.63) is 71.3 Å². The van der Waals surface area contributed by atoms with Crippen LogP contribution in [-0.2, 0) is 21.3 Å². The lowest BCUT2D eigenvalue weighted by molar-refractivity contribution is 0.0619. The van der Waals surface area contributed by atoms with Gasteiger partial charge in [-0.2, -0.15) is 4.31 Å². The van der Waals surface area contributed by atoms with Crippen LogP contribution in [0.4, 0.5) is 0 Å². The topological polar surface area (TPSA) is 63.7 Å². The Labute approximate surface area is 191 Å². The third-order valence-corrected chi connectivity index (χ3v) is 9.30. The van der Waals surface area contributed by atoms with Gasteiger partial charge in [0.25, 0.3) is 0 Å². The third kappa shape index (κ3) is 5.30. The van der Waals surface area contributed by atoms with Crippen LogP contribution >= 0.6 is 0 Å². The number of Topliss-reactive ketones (excluding diaryl/α,β-unsaturated/α-hetero) is 1. The molecule has 6 heteroatoms. The van der Waals surface area contributed by atoms with Gasteiger partial charge in [0.1, 0.15) is 5.25 Å². The van der Waals surface area contributed by atoms with E-state index in [9.17, 15) is 13.2 Å². The molecule has 0 spiro atoms. The first-order valence-electron chi connectivity index (χ1n) is 11.7. The molecule has 2 aromatic carbocycles. The summed E-state index contributed by atoms with van der Waals surface area (Å²) in [5.41, 5.74) is 2.47. The van der Waals surface area contributed by atoms with Crippen LogP contribution in [-0.4, -0.2) is 37.8 Å². The Morgan fingerprint density at radius 3 is 2.34 bits per heavy atom. The monoisotopic (exact) mass is 455 g/mol. The first-order valence-corrected chi connectivity index (χ1v) is 13.2. The highest BCUT2D eigenvalue weighted by Gasteiger charge is 2.40. The summed E-state index contributed by atoms with van der Waals surface area (Å²) in [6.45, 7) is 3.92. The van der Waals surface area contributed by atoms with Crippen LogP contribution in [0, 0.1) is 5.92 Å². The molecule has 172 valence electrons. The molecule has 0 saturated carbocycles.